The van der Waals surface area contributed by atoms with E-state index < -0.39 is 11.4 Å². The Balaban J connectivity index is 2.14. The summed E-state index contributed by atoms with van der Waals surface area (Å²) in [7, 11) is 0. The van der Waals surface area contributed by atoms with Gasteiger partial charge in [-0.15, -0.1) is 0 Å². The minimum absolute atomic E-state index is 0.115. The Morgan fingerprint density at radius 1 is 1.55 bits per heavy atom. The number of aromatic nitrogens is 1. The molecular weight excluding hydrogens is 254 g/mol. The van der Waals surface area contributed by atoms with E-state index in [0.717, 1.165) is 25.1 Å². The highest BCUT2D eigenvalue weighted by molar-refractivity contribution is 5.74. The highest BCUT2D eigenvalue weighted by Crippen LogP contribution is 2.35. The van der Waals surface area contributed by atoms with Crippen LogP contribution in [0.5, 0.6) is 0 Å². The fraction of sp³-hybridized carbons (Fsp3) is 0.533. The molecule has 0 aromatic carbocycles. The van der Waals surface area contributed by atoms with E-state index in [1.54, 1.807) is 26.1 Å². The zero-order valence-electron chi connectivity index (χ0n) is 11.8. The SMILES string of the molecule is CC(C)(C(=O)O)C1CCCN(c2ccc(C#N)nc2)C1. The van der Waals surface area contributed by atoms with Gasteiger partial charge in [-0.2, -0.15) is 5.26 Å². The van der Waals surface area contributed by atoms with Gasteiger partial charge in [-0.1, -0.05) is 0 Å². The summed E-state index contributed by atoms with van der Waals surface area (Å²) in [4.78, 5) is 17.6. The minimum atomic E-state index is -0.748. The molecule has 0 aliphatic carbocycles. The van der Waals surface area contributed by atoms with Gasteiger partial charge in [0, 0.05) is 13.1 Å². The molecule has 1 aliphatic heterocycles. The first-order valence-corrected chi connectivity index (χ1v) is 6.79. The number of carboxylic acids is 1. The Labute approximate surface area is 118 Å². The molecule has 0 spiro atoms. The second kappa shape index (κ2) is 5.49. The Hall–Kier alpha value is -2.09. The van der Waals surface area contributed by atoms with E-state index in [-0.39, 0.29) is 5.92 Å². The number of nitriles is 1. The average molecular weight is 273 g/mol. The molecule has 1 saturated heterocycles. The summed E-state index contributed by atoms with van der Waals surface area (Å²) in [5, 5.41) is 18.1. The second-order valence-corrected chi connectivity index (χ2v) is 5.83. The van der Waals surface area contributed by atoms with E-state index in [1.807, 2.05) is 12.1 Å². The largest absolute Gasteiger partial charge is 0.481 e. The standard InChI is InChI=1S/C15H19N3O2/c1-15(2,14(19)20)11-4-3-7-18(10-11)13-6-5-12(8-16)17-9-13/h5-6,9,11H,3-4,7,10H2,1-2H3,(H,19,20). The van der Waals surface area contributed by atoms with Crippen LogP contribution >= 0.6 is 0 Å². The molecule has 5 nitrogen and oxygen atoms in total. The van der Waals surface area contributed by atoms with Gasteiger partial charge < -0.3 is 10.0 Å². The summed E-state index contributed by atoms with van der Waals surface area (Å²) in [6.45, 7) is 5.20. The van der Waals surface area contributed by atoms with Crippen LogP contribution in [0.3, 0.4) is 0 Å². The summed E-state index contributed by atoms with van der Waals surface area (Å²) in [5.41, 5.74) is 0.627. The molecule has 0 amide bonds. The van der Waals surface area contributed by atoms with Crippen LogP contribution in [0, 0.1) is 22.7 Å². The lowest BCUT2D eigenvalue weighted by molar-refractivity contribution is -0.150. The van der Waals surface area contributed by atoms with E-state index in [4.69, 9.17) is 5.26 Å². The summed E-state index contributed by atoms with van der Waals surface area (Å²) in [6, 6.07) is 5.57. The summed E-state index contributed by atoms with van der Waals surface area (Å²) in [5.74, 6) is -0.633. The third-order valence-corrected chi connectivity index (χ3v) is 4.22. The van der Waals surface area contributed by atoms with Gasteiger partial charge in [0.05, 0.1) is 17.3 Å². The molecule has 1 aliphatic rings. The Kier molecular flexibility index (Phi) is 3.93. The van der Waals surface area contributed by atoms with Crippen LogP contribution in [-0.2, 0) is 4.79 Å². The molecule has 20 heavy (non-hydrogen) atoms. The number of carbonyl (C=O) groups is 1. The molecule has 1 fully saturated rings. The molecule has 1 atom stereocenters. The molecule has 0 saturated carbocycles. The number of nitrogens with zero attached hydrogens (tertiary/aromatic N) is 3. The number of pyridine rings is 1. The molecule has 1 unspecified atom stereocenters. The lowest BCUT2D eigenvalue weighted by Gasteiger charge is -2.40. The van der Waals surface area contributed by atoms with Crippen LogP contribution in [0.1, 0.15) is 32.4 Å². The van der Waals surface area contributed by atoms with Crippen molar-refractivity contribution in [2.24, 2.45) is 11.3 Å². The number of rotatable bonds is 3. The maximum Gasteiger partial charge on any atom is 0.309 e. The van der Waals surface area contributed by atoms with E-state index in [1.165, 1.54) is 0 Å². The van der Waals surface area contributed by atoms with Crippen molar-refractivity contribution in [3.8, 4) is 6.07 Å². The fourth-order valence-electron chi connectivity index (χ4n) is 2.61. The van der Waals surface area contributed by atoms with Crippen molar-refractivity contribution in [2.75, 3.05) is 18.0 Å². The topological polar surface area (TPSA) is 77.2 Å². The molecule has 0 bridgehead atoms. The summed E-state index contributed by atoms with van der Waals surface area (Å²) < 4.78 is 0. The predicted molar refractivity (Wildman–Crippen MR) is 75.3 cm³/mol. The van der Waals surface area contributed by atoms with E-state index in [9.17, 15) is 9.90 Å². The van der Waals surface area contributed by atoms with E-state index in [0.29, 0.717) is 12.2 Å². The van der Waals surface area contributed by atoms with Crippen molar-refractivity contribution < 1.29 is 9.90 Å². The predicted octanol–water partition coefficient (Wildman–Crippen LogP) is 2.28. The van der Waals surface area contributed by atoms with Gasteiger partial charge in [-0.25, -0.2) is 4.98 Å². The monoisotopic (exact) mass is 273 g/mol. The smallest absolute Gasteiger partial charge is 0.309 e. The first-order chi connectivity index (χ1) is 9.45. The Morgan fingerprint density at radius 3 is 2.85 bits per heavy atom. The van der Waals surface area contributed by atoms with Crippen molar-refractivity contribution >= 4 is 11.7 Å². The zero-order chi connectivity index (χ0) is 14.8. The number of hydrogen-bond acceptors (Lipinski definition) is 4. The van der Waals surface area contributed by atoms with Gasteiger partial charge in [0.1, 0.15) is 11.8 Å². The van der Waals surface area contributed by atoms with Crippen molar-refractivity contribution in [1.82, 2.24) is 4.98 Å². The molecule has 106 valence electrons. The fourth-order valence-corrected chi connectivity index (χ4v) is 2.61. The minimum Gasteiger partial charge on any atom is -0.481 e. The van der Waals surface area contributed by atoms with Crippen LogP contribution < -0.4 is 4.90 Å². The highest BCUT2D eigenvalue weighted by atomic mass is 16.4. The van der Waals surface area contributed by atoms with Crippen LogP contribution in [-0.4, -0.2) is 29.1 Å². The normalized spacial score (nSPS) is 19.4. The van der Waals surface area contributed by atoms with Crippen molar-refractivity contribution in [3.05, 3.63) is 24.0 Å². The molecular formula is C15H19N3O2. The van der Waals surface area contributed by atoms with Gasteiger partial charge in [-0.3, -0.25) is 4.79 Å². The van der Waals surface area contributed by atoms with Gasteiger partial charge in [0.15, 0.2) is 0 Å². The number of anilines is 1. The maximum absolute atomic E-state index is 11.4. The molecule has 5 heteroatoms. The van der Waals surface area contributed by atoms with Crippen LogP contribution in [0.25, 0.3) is 0 Å². The van der Waals surface area contributed by atoms with Crippen molar-refractivity contribution in [2.45, 2.75) is 26.7 Å². The maximum atomic E-state index is 11.4. The van der Waals surface area contributed by atoms with Crippen molar-refractivity contribution in [3.63, 3.8) is 0 Å². The molecule has 2 rings (SSSR count). The zero-order valence-corrected chi connectivity index (χ0v) is 11.8. The highest BCUT2D eigenvalue weighted by Gasteiger charge is 2.39. The Bertz CT molecular complexity index is 531. The third-order valence-electron chi connectivity index (χ3n) is 4.22. The van der Waals surface area contributed by atoms with Crippen LogP contribution in [0.4, 0.5) is 5.69 Å². The van der Waals surface area contributed by atoms with Gasteiger partial charge in [0.2, 0.25) is 0 Å². The molecule has 1 N–H and O–H groups in total. The van der Waals surface area contributed by atoms with Crippen LogP contribution in [0.2, 0.25) is 0 Å². The third kappa shape index (κ3) is 2.74. The average Bonchev–Trinajstić information content (AvgIpc) is 2.47. The first-order valence-electron chi connectivity index (χ1n) is 6.79. The summed E-state index contributed by atoms with van der Waals surface area (Å²) >= 11 is 0. The molecule has 2 heterocycles. The first kappa shape index (κ1) is 14.3. The second-order valence-electron chi connectivity index (χ2n) is 5.83. The number of aliphatic carboxylic acids is 1. The van der Waals surface area contributed by atoms with E-state index >= 15 is 0 Å². The van der Waals surface area contributed by atoms with Gasteiger partial charge in [-0.05, 0) is 44.7 Å². The van der Waals surface area contributed by atoms with Gasteiger partial charge in [0.25, 0.3) is 0 Å². The number of piperidine rings is 1. The Morgan fingerprint density at radius 2 is 2.30 bits per heavy atom. The number of carboxylic acid groups (broad SMARTS) is 1. The van der Waals surface area contributed by atoms with Crippen LogP contribution in [0.15, 0.2) is 18.3 Å². The lowest BCUT2D eigenvalue weighted by atomic mass is 9.74. The molecule has 1 aromatic rings. The quantitative estimate of drug-likeness (QED) is 0.914. The molecule has 0 radical (unpaired) electrons. The van der Waals surface area contributed by atoms with E-state index in [2.05, 4.69) is 9.88 Å². The van der Waals surface area contributed by atoms with Gasteiger partial charge >= 0.3 is 5.97 Å². The number of hydrogen-bond donors (Lipinski definition) is 1. The lowest BCUT2D eigenvalue weighted by Crippen LogP contribution is -2.44. The summed E-state index contributed by atoms with van der Waals surface area (Å²) in [6.07, 6.45) is 3.59. The van der Waals surface area contributed by atoms with Crippen molar-refractivity contribution in [1.29, 1.82) is 5.26 Å². The molecule has 1 aromatic heterocycles.